The highest BCUT2D eigenvalue weighted by Gasteiger charge is 2.19. The van der Waals surface area contributed by atoms with Crippen molar-refractivity contribution in [1.82, 2.24) is 5.32 Å². The number of para-hydroxylation sites is 1. The molecule has 0 saturated heterocycles. The first kappa shape index (κ1) is 21.9. The Hall–Kier alpha value is -3.78. The van der Waals surface area contributed by atoms with Crippen molar-refractivity contribution in [2.75, 3.05) is 11.9 Å². The SMILES string of the molecule is O=C(NC(=S)Nc1cccc(OCCCc2ccccc2)c1)c1ccccc1[N+](=O)[O-]. The van der Waals surface area contributed by atoms with Crippen molar-refractivity contribution in [3.8, 4) is 5.75 Å². The van der Waals surface area contributed by atoms with Crippen LogP contribution in [0.3, 0.4) is 0 Å². The van der Waals surface area contributed by atoms with Crippen LogP contribution >= 0.6 is 12.2 Å². The first-order valence-corrected chi connectivity index (χ1v) is 10.1. The number of carbonyl (C=O) groups excluding carboxylic acids is 1. The number of ether oxygens (including phenoxy) is 1. The summed E-state index contributed by atoms with van der Waals surface area (Å²) in [5, 5.41) is 16.5. The van der Waals surface area contributed by atoms with Crippen LogP contribution in [0.25, 0.3) is 0 Å². The molecule has 0 aliphatic heterocycles. The second-order valence-electron chi connectivity index (χ2n) is 6.65. The fourth-order valence-corrected chi connectivity index (χ4v) is 3.14. The second-order valence-corrected chi connectivity index (χ2v) is 7.06. The maximum atomic E-state index is 12.4. The van der Waals surface area contributed by atoms with Gasteiger partial charge in [0.25, 0.3) is 11.6 Å². The molecule has 3 rings (SSSR count). The summed E-state index contributed by atoms with van der Waals surface area (Å²) in [4.78, 5) is 22.8. The van der Waals surface area contributed by atoms with Gasteiger partial charge >= 0.3 is 0 Å². The average Bonchev–Trinajstić information content (AvgIpc) is 2.77. The Morgan fingerprint density at radius 1 is 1.00 bits per heavy atom. The van der Waals surface area contributed by atoms with Crippen molar-refractivity contribution in [2.45, 2.75) is 12.8 Å². The maximum Gasteiger partial charge on any atom is 0.282 e. The predicted octanol–water partition coefficient (Wildman–Crippen LogP) is 4.73. The summed E-state index contributed by atoms with van der Waals surface area (Å²) in [5.41, 5.74) is 1.55. The fraction of sp³-hybridized carbons (Fsp3) is 0.130. The first-order chi connectivity index (χ1) is 15.0. The number of nitrogens with one attached hydrogen (secondary N) is 2. The van der Waals surface area contributed by atoms with Crippen LogP contribution in [0.1, 0.15) is 22.3 Å². The van der Waals surface area contributed by atoms with E-state index in [0.29, 0.717) is 18.0 Å². The van der Waals surface area contributed by atoms with Gasteiger partial charge in [-0.05, 0) is 48.8 Å². The van der Waals surface area contributed by atoms with E-state index in [0.717, 1.165) is 12.8 Å². The molecule has 0 heterocycles. The lowest BCUT2D eigenvalue weighted by molar-refractivity contribution is -0.385. The van der Waals surface area contributed by atoms with E-state index in [1.807, 2.05) is 24.3 Å². The number of hydrogen-bond acceptors (Lipinski definition) is 5. The Labute approximate surface area is 185 Å². The van der Waals surface area contributed by atoms with E-state index >= 15 is 0 Å². The van der Waals surface area contributed by atoms with Crippen LogP contribution in [0.4, 0.5) is 11.4 Å². The number of benzene rings is 3. The van der Waals surface area contributed by atoms with E-state index in [2.05, 4.69) is 22.8 Å². The van der Waals surface area contributed by atoms with Crippen LogP contribution in [0, 0.1) is 10.1 Å². The smallest absolute Gasteiger partial charge is 0.282 e. The molecule has 7 nitrogen and oxygen atoms in total. The van der Waals surface area contributed by atoms with Crippen molar-refractivity contribution < 1.29 is 14.5 Å². The summed E-state index contributed by atoms with van der Waals surface area (Å²) in [5.74, 6) is 0.0176. The Kier molecular flexibility index (Phi) is 7.67. The van der Waals surface area contributed by atoms with E-state index in [4.69, 9.17) is 17.0 Å². The molecule has 0 unspecified atom stereocenters. The van der Waals surface area contributed by atoms with Gasteiger partial charge in [-0.15, -0.1) is 0 Å². The zero-order valence-electron chi connectivity index (χ0n) is 16.6. The van der Waals surface area contributed by atoms with Crippen LogP contribution < -0.4 is 15.4 Å². The van der Waals surface area contributed by atoms with Gasteiger partial charge in [0, 0.05) is 17.8 Å². The fourth-order valence-electron chi connectivity index (χ4n) is 2.93. The summed E-state index contributed by atoms with van der Waals surface area (Å²) in [6.45, 7) is 0.567. The lowest BCUT2D eigenvalue weighted by atomic mass is 10.1. The van der Waals surface area contributed by atoms with Crippen LogP contribution in [0.2, 0.25) is 0 Å². The minimum atomic E-state index is -0.655. The summed E-state index contributed by atoms with van der Waals surface area (Å²) in [6, 6.07) is 23.1. The number of anilines is 1. The van der Waals surface area contributed by atoms with Crippen LogP contribution in [-0.4, -0.2) is 22.5 Å². The highest BCUT2D eigenvalue weighted by molar-refractivity contribution is 7.80. The highest BCUT2D eigenvalue weighted by atomic mass is 32.1. The number of amides is 1. The molecule has 0 saturated carbocycles. The van der Waals surface area contributed by atoms with Crippen molar-refractivity contribution in [2.24, 2.45) is 0 Å². The molecule has 0 aromatic heterocycles. The van der Waals surface area contributed by atoms with Gasteiger partial charge in [-0.25, -0.2) is 0 Å². The van der Waals surface area contributed by atoms with Gasteiger partial charge in [0.2, 0.25) is 0 Å². The molecule has 31 heavy (non-hydrogen) atoms. The van der Waals surface area contributed by atoms with E-state index in [9.17, 15) is 14.9 Å². The van der Waals surface area contributed by atoms with Crippen LogP contribution in [0.15, 0.2) is 78.9 Å². The van der Waals surface area contributed by atoms with Gasteiger partial charge in [0.15, 0.2) is 5.11 Å². The molecular weight excluding hydrogens is 414 g/mol. The molecule has 3 aromatic rings. The Morgan fingerprint density at radius 3 is 2.52 bits per heavy atom. The number of thiocarbonyl (C=S) groups is 1. The lowest BCUT2D eigenvalue weighted by Gasteiger charge is -2.12. The molecule has 158 valence electrons. The van der Waals surface area contributed by atoms with Gasteiger partial charge in [-0.3, -0.25) is 20.2 Å². The number of nitro groups is 1. The molecule has 0 spiro atoms. The number of aryl methyl sites for hydroxylation is 1. The Morgan fingerprint density at radius 2 is 1.74 bits per heavy atom. The molecule has 0 fully saturated rings. The third-order valence-corrected chi connectivity index (χ3v) is 4.59. The number of hydrogen-bond donors (Lipinski definition) is 2. The third-order valence-electron chi connectivity index (χ3n) is 4.39. The normalized spacial score (nSPS) is 10.2. The molecule has 0 bridgehead atoms. The molecule has 0 atom stereocenters. The summed E-state index contributed by atoms with van der Waals surface area (Å²) >= 11 is 5.17. The monoisotopic (exact) mass is 435 g/mol. The minimum absolute atomic E-state index is 0.0318. The summed E-state index contributed by atoms with van der Waals surface area (Å²) < 4.78 is 5.80. The Balaban J connectivity index is 1.51. The minimum Gasteiger partial charge on any atom is -0.494 e. The molecule has 1 amide bonds. The molecule has 3 aromatic carbocycles. The standard InChI is InChI=1S/C23H21N3O4S/c27-22(20-13-4-5-14-21(20)26(28)29)25-23(31)24-18-11-6-12-19(16-18)30-15-7-10-17-8-2-1-3-9-17/h1-6,8-9,11-14,16H,7,10,15H2,(H2,24,25,27,31). The van der Waals surface area contributed by atoms with Gasteiger partial charge in [-0.1, -0.05) is 48.5 Å². The average molecular weight is 436 g/mol. The lowest BCUT2D eigenvalue weighted by Crippen LogP contribution is -2.34. The molecule has 8 heteroatoms. The number of carbonyl (C=O) groups is 1. The maximum absolute atomic E-state index is 12.4. The summed E-state index contributed by atoms with van der Waals surface area (Å²) in [7, 11) is 0. The first-order valence-electron chi connectivity index (χ1n) is 9.65. The number of nitrogens with zero attached hydrogens (tertiary/aromatic N) is 1. The topological polar surface area (TPSA) is 93.5 Å². The number of rotatable bonds is 8. The second kappa shape index (κ2) is 10.8. The molecular formula is C23H21N3O4S. The van der Waals surface area contributed by atoms with Gasteiger partial charge in [0.05, 0.1) is 11.5 Å². The largest absolute Gasteiger partial charge is 0.494 e. The van der Waals surface area contributed by atoms with Gasteiger partial charge in [-0.2, -0.15) is 0 Å². The predicted molar refractivity (Wildman–Crippen MR) is 123 cm³/mol. The zero-order valence-corrected chi connectivity index (χ0v) is 17.4. The summed E-state index contributed by atoms with van der Waals surface area (Å²) in [6.07, 6.45) is 1.81. The Bertz CT molecular complexity index is 1070. The quantitative estimate of drug-likeness (QED) is 0.230. The van der Waals surface area contributed by atoms with Gasteiger partial charge in [0.1, 0.15) is 11.3 Å². The number of nitro benzene ring substituents is 1. The van der Waals surface area contributed by atoms with E-state index < -0.39 is 10.8 Å². The highest BCUT2D eigenvalue weighted by Crippen LogP contribution is 2.19. The molecule has 0 radical (unpaired) electrons. The van der Waals surface area contributed by atoms with Crippen molar-refractivity contribution in [1.29, 1.82) is 0 Å². The van der Waals surface area contributed by atoms with E-state index in [1.54, 1.807) is 24.3 Å². The van der Waals surface area contributed by atoms with E-state index in [1.165, 1.54) is 23.8 Å². The third kappa shape index (κ3) is 6.61. The van der Waals surface area contributed by atoms with Crippen LogP contribution in [0.5, 0.6) is 5.75 Å². The van der Waals surface area contributed by atoms with Crippen molar-refractivity contribution in [3.05, 3.63) is 100 Å². The van der Waals surface area contributed by atoms with Crippen LogP contribution in [-0.2, 0) is 6.42 Å². The van der Waals surface area contributed by atoms with Gasteiger partial charge < -0.3 is 10.1 Å². The molecule has 0 aliphatic rings. The molecule has 2 N–H and O–H groups in total. The van der Waals surface area contributed by atoms with Crippen molar-refractivity contribution >= 4 is 34.6 Å². The van der Waals surface area contributed by atoms with Crippen molar-refractivity contribution in [3.63, 3.8) is 0 Å². The molecule has 0 aliphatic carbocycles. The van der Waals surface area contributed by atoms with E-state index in [-0.39, 0.29) is 16.4 Å². The zero-order chi connectivity index (χ0) is 22.1.